The monoisotopic (exact) mass is 280 g/mol. The van der Waals surface area contributed by atoms with Crippen molar-refractivity contribution >= 4 is 11.6 Å². The summed E-state index contributed by atoms with van der Waals surface area (Å²) in [6.07, 6.45) is 0.916. The maximum absolute atomic E-state index is 12.7. The molecule has 0 radical (unpaired) electrons. The third-order valence-electron chi connectivity index (χ3n) is 3.90. The first-order valence-electron chi connectivity index (χ1n) is 7.49. The molecule has 1 aliphatic rings. The Morgan fingerprint density at radius 2 is 2.00 bits per heavy atom. The Morgan fingerprint density at radius 3 is 2.86 bits per heavy atom. The molecule has 3 heteroatoms. The van der Waals surface area contributed by atoms with Crippen LogP contribution in [-0.4, -0.2) is 19.0 Å². The molecule has 0 bridgehead atoms. The van der Waals surface area contributed by atoms with E-state index in [0.29, 0.717) is 0 Å². The number of anilines is 1. The van der Waals surface area contributed by atoms with Crippen LogP contribution in [0.3, 0.4) is 0 Å². The number of amides is 1. The summed E-state index contributed by atoms with van der Waals surface area (Å²) in [7, 11) is 0. The summed E-state index contributed by atoms with van der Waals surface area (Å²) < 4.78 is 0. The maximum atomic E-state index is 12.7. The van der Waals surface area contributed by atoms with E-state index in [9.17, 15) is 4.79 Å². The molecular formula is C18H20N2O. The topological polar surface area (TPSA) is 32.3 Å². The average molecular weight is 280 g/mol. The third-order valence-corrected chi connectivity index (χ3v) is 3.90. The van der Waals surface area contributed by atoms with E-state index >= 15 is 0 Å². The van der Waals surface area contributed by atoms with E-state index in [-0.39, 0.29) is 5.91 Å². The van der Waals surface area contributed by atoms with Gasteiger partial charge in [-0.15, -0.1) is 0 Å². The molecule has 0 aliphatic carbocycles. The Hall–Kier alpha value is -2.13. The molecule has 2 aromatic carbocycles. The number of rotatable bonds is 4. The molecule has 21 heavy (non-hydrogen) atoms. The van der Waals surface area contributed by atoms with Gasteiger partial charge in [0.1, 0.15) is 0 Å². The summed E-state index contributed by atoms with van der Waals surface area (Å²) >= 11 is 0. The second-order valence-electron chi connectivity index (χ2n) is 5.31. The first-order chi connectivity index (χ1) is 10.3. The van der Waals surface area contributed by atoms with E-state index in [1.807, 2.05) is 41.3 Å². The summed E-state index contributed by atoms with van der Waals surface area (Å²) in [6, 6.07) is 16.1. The van der Waals surface area contributed by atoms with E-state index in [2.05, 4.69) is 24.4 Å². The molecule has 108 valence electrons. The van der Waals surface area contributed by atoms with Gasteiger partial charge in [-0.3, -0.25) is 4.79 Å². The molecule has 1 amide bonds. The standard InChI is InChI=1S/C18H20N2O/c1-2-19-13-14-6-5-8-16(12-14)20-11-10-15-7-3-4-9-17(15)18(20)21/h3-9,12,19H,2,10-11,13H2,1H3. The SMILES string of the molecule is CCNCc1cccc(N2CCc3ccccc3C2=O)c1. The van der Waals surface area contributed by atoms with Crippen molar-refractivity contribution in [3.05, 3.63) is 65.2 Å². The molecule has 1 aliphatic heterocycles. The molecule has 3 rings (SSSR count). The molecule has 1 N–H and O–H groups in total. The lowest BCUT2D eigenvalue weighted by atomic mass is 9.98. The average Bonchev–Trinajstić information content (AvgIpc) is 2.54. The number of hydrogen-bond acceptors (Lipinski definition) is 2. The van der Waals surface area contributed by atoms with Gasteiger partial charge in [0.2, 0.25) is 0 Å². The summed E-state index contributed by atoms with van der Waals surface area (Å²) in [4.78, 5) is 14.5. The molecule has 0 spiro atoms. The third kappa shape index (κ3) is 2.83. The molecule has 2 aromatic rings. The maximum Gasteiger partial charge on any atom is 0.258 e. The Morgan fingerprint density at radius 1 is 1.14 bits per heavy atom. The van der Waals surface area contributed by atoms with E-state index in [4.69, 9.17) is 0 Å². The highest BCUT2D eigenvalue weighted by molar-refractivity contribution is 6.08. The number of fused-ring (bicyclic) bond motifs is 1. The number of carbonyl (C=O) groups is 1. The molecule has 3 nitrogen and oxygen atoms in total. The number of carbonyl (C=O) groups excluding carboxylic acids is 1. The molecule has 0 saturated heterocycles. The molecule has 1 heterocycles. The minimum Gasteiger partial charge on any atom is -0.313 e. The number of nitrogens with zero attached hydrogens (tertiary/aromatic N) is 1. The van der Waals surface area contributed by atoms with Crippen molar-refractivity contribution in [2.75, 3.05) is 18.0 Å². The summed E-state index contributed by atoms with van der Waals surface area (Å²) in [5.74, 6) is 0.109. The van der Waals surface area contributed by atoms with E-state index < -0.39 is 0 Å². The Kier molecular flexibility index (Phi) is 4.02. The fourth-order valence-corrected chi connectivity index (χ4v) is 2.78. The van der Waals surface area contributed by atoms with Crippen molar-refractivity contribution in [2.45, 2.75) is 19.9 Å². The van der Waals surface area contributed by atoms with Crippen LogP contribution in [0.2, 0.25) is 0 Å². The zero-order chi connectivity index (χ0) is 14.7. The van der Waals surface area contributed by atoms with Crippen LogP contribution in [0.25, 0.3) is 0 Å². The zero-order valence-electron chi connectivity index (χ0n) is 12.3. The summed E-state index contributed by atoms with van der Waals surface area (Å²) in [6.45, 7) is 4.62. The van der Waals surface area contributed by atoms with Gasteiger partial charge in [0.15, 0.2) is 0 Å². The van der Waals surface area contributed by atoms with Gasteiger partial charge >= 0.3 is 0 Å². The molecule has 0 aromatic heterocycles. The van der Waals surface area contributed by atoms with Gasteiger partial charge in [0, 0.05) is 24.3 Å². The van der Waals surface area contributed by atoms with Gasteiger partial charge in [-0.05, 0) is 42.3 Å². The quantitative estimate of drug-likeness (QED) is 0.933. The van der Waals surface area contributed by atoms with Crippen molar-refractivity contribution in [1.82, 2.24) is 5.32 Å². The van der Waals surface area contributed by atoms with E-state index in [1.165, 1.54) is 5.56 Å². The highest BCUT2D eigenvalue weighted by Gasteiger charge is 2.24. The normalized spacial score (nSPS) is 14.1. The van der Waals surface area contributed by atoms with Crippen LogP contribution >= 0.6 is 0 Å². The number of benzene rings is 2. The van der Waals surface area contributed by atoms with Crippen LogP contribution in [0, 0.1) is 0 Å². The first kappa shape index (κ1) is 13.8. The lowest BCUT2D eigenvalue weighted by Crippen LogP contribution is -2.37. The lowest BCUT2D eigenvalue weighted by molar-refractivity contribution is 0.0980. The van der Waals surface area contributed by atoms with Crippen molar-refractivity contribution in [3.8, 4) is 0 Å². The second kappa shape index (κ2) is 6.10. The fourth-order valence-electron chi connectivity index (χ4n) is 2.78. The van der Waals surface area contributed by atoms with Crippen molar-refractivity contribution in [2.24, 2.45) is 0 Å². The van der Waals surface area contributed by atoms with E-state index in [1.54, 1.807) is 0 Å². The Labute approximate surface area is 125 Å². The summed E-state index contributed by atoms with van der Waals surface area (Å²) in [5.41, 5.74) is 4.19. The predicted molar refractivity (Wildman–Crippen MR) is 85.6 cm³/mol. The molecule has 0 unspecified atom stereocenters. The molecule has 0 fully saturated rings. The van der Waals surface area contributed by atoms with Gasteiger partial charge < -0.3 is 10.2 Å². The highest BCUT2D eigenvalue weighted by Crippen LogP contribution is 2.25. The minimum absolute atomic E-state index is 0.109. The first-order valence-corrected chi connectivity index (χ1v) is 7.49. The minimum atomic E-state index is 0.109. The molecule has 0 saturated carbocycles. The summed E-state index contributed by atoms with van der Waals surface area (Å²) in [5, 5.41) is 3.32. The lowest BCUT2D eigenvalue weighted by Gasteiger charge is -2.29. The largest absolute Gasteiger partial charge is 0.313 e. The van der Waals surface area contributed by atoms with Crippen LogP contribution in [-0.2, 0) is 13.0 Å². The van der Waals surface area contributed by atoms with Crippen LogP contribution in [0.15, 0.2) is 48.5 Å². The van der Waals surface area contributed by atoms with Crippen molar-refractivity contribution in [1.29, 1.82) is 0 Å². The van der Waals surface area contributed by atoms with Crippen molar-refractivity contribution in [3.63, 3.8) is 0 Å². The van der Waals surface area contributed by atoms with Crippen LogP contribution in [0.1, 0.15) is 28.4 Å². The van der Waals surface area contributed by atoms with Gasteiger partial charge in [0.25, 0.3) is 5.91 Å². The number of nitrogens with one attached hydrogen (secondary N) is 1. The van der Waals surface area contributed by atoms with E-state index in [0.717, 1.165) is 42.9 Å². The van der Waals surface area contributed by atoms with Gasteiger partial charge in [-0.25, -0.2) is 0 Å². The zero-order valence-corrected chi connectivity index (χ0v) is 12.3. The van der Waals surface area contributed by atoms with Gasteiger partial charge in [0.05, 0.1) is 0 Å². The Balaban J connectivity index is 1.86. The van der Waals surface area contributed by atoms with Crippen LogP contribution in [0.4, 0.5) is 5.69 Å². The van der Waals surface area contributed by atoms with Gasteiger partial charge in [-0.2, -0.15) is 0 Å². The highest BCUT2D eigenvalue weighted by atomic mass is 16.2. The van der Waals surface area contributed by atoms with Gasteiger partial charge in [-0.1, -0.05) is 37.3 Å². The second-order valence-corrected chi connectivity index (χ2v) is 5.31. The predicted octanol–water partition coefficient (Wildman–Crippen LogP) is 3.00. The Bertz CT molecular complexity index is 651. The smallest absolute Gasteiger partial charge is 0.258 e. The van der Waals surface area contributed by atoms with Crippen LogP contribution < -0.4 is 10.2 Å². The molecular weight excluding hydrogens is 260 g/mol. The number of hydrogen-bond donors (Lipinski definition) is 1. The van der Waals surface area contributed by atoms with Crippen molar-refractivity contribution < 1.29 is 4.79 Å². The van der Waals surface area contributed by atoms with Crippen LogP contribution in [0.5, 0.6) is 0 Å². The molecule has 0 atom stereocenters. The fraction of sp³-hybridized carbons (Fsp3) is 0.278.